The molecule has 5 aromatic rings. The summed E-state index contributed by atoms with van der Waals surface area (Å²) in [6.45, 7) is 0.225. The van der Waals surface area contributed by atoms with Crippen LogP contribution in [0.5, 0.6) is 11.5 Å². The maximum absolute atomic E-state index is 12.2. The first-order chi connectivity index (χ1) is 20.1. The molecule has 2 N–H and O–H groups in total. The van der Waals surface area contributed by atoms with E-state index in [1.165, 1.54) is 11.3 Å². The normalized spacial score (nSPS) is 12.6. The van der Waals surface area contributed by atoms with Crippen LogP contribution in [0.3, 0.4) is 0 Å². The van der Waals surface area contributed by atoms with E-state index in [1.807, 2.05) is 60.7 Å². The highest BCUT2D eigenvalue weighted by Crippen LogP contribution is 2.40. The maximum Gasteiger partial charge on any atom is 0.360 e. The molecule has 0 radical (unpaired) electrons. The number of aliphatic carboxylic acids is 1. The SMILES string of the molecule is O=C(O)/C(=N\OCc1ccc2c(c1)OCO2)c1csc(NC(c2ccccc2)(c2ccccc2)c2ccccc2)n1. The van der Waals surface area contributed by atoms with Crippen LogP contribution in [0, 0.1) is 0 Å². The van der Waals surface area contributed by atoms with Gasteiger partial charge in [0.1, 0.15) is 17.8 Å². The molecule has 6 rings (SSSR count). The van der Waals surface area contributed by atoms with Crippen molar-refractivity contribution in [1.82, 2.24) is 4.98 Å². The molecule has 0 unspecified atom stereocenters. The van der Waals surface area contributed by atoms with Crippen molar-refractivity contribution in [2.45, 2.75) is 12.1 Å². The lowest BCUT2D eigenvalue weighted by Crippen LogP contribution is -2.38. The van der Waals surface area contributed by atoms with Gasteiger partial charge in [0, 0.05) is 5.38 Å². The van der Waals surface area contributed by atoms with E-state index < -0.39 is 11.5 Å². The predicted molar refractivity (Wildman–Crippen MR) is 156 cm³/mol. The molecule has 0 fully saturated rings. The first-order valence-corrected chi connectivity index (χ1v) is 13.7. The molecule has 41 heavy (non-hydrogen) atoms. The molecule has 0 saturated heterocycles. The quantitative estimate of drug-likeness (QED) is 0.117. The molecule has 4 aromatic carbocycles. The van der Waals surface area contributed by atoms with Gasteiger partial charge in [0.15, 0.2) is 16.6 Å². The summed E-state index contributed by atoms with van der Waals surface area (Å²) in [4.78, 5) is 22.2. The standard InChI is InChI=1S/C32H25N3O5S/c36-30(37)29(35-40-19-22-16-17-27-28(18-22)39-21-38-27)26-20-41-31(33-26)34-32(23-10-4-1-5-11-23,24-12-6-2-7-13-24)25-14-8-3-9-15-25/h1-18,20H,19,21H2,(H,33,34)(H,36,37)/b35-29-. The smallest absolute Gasteiger partial charge is 0.360 e. The second-order valence-corrected chi connectivity index (χ2v) is 10.1. The number of nitrogens with zero attached hydrogens (tertiary/aromatic N) is 2. The second-order valence-electron chi connectivity index (χ2n) is 9.22. The Morgan fingerprint density at radius 3 is 2.05 bits per heavy atom. The fraction of sp³-hybridized carbons (Fsp3) is 0.0938. The summed E-state index contributed by atoms with van der Waals surface area (Å²) in [7, 11) is 0. The van der Waals surface area contributed by atoms with E-state index in [4.69, 9.17) is 14.3 Å². The van der Waals surface area contributed by atoms with Gasteiger partial charge in [0.2, 0.25) is 12.5 Å². The van der Waals surface area contributed by atoms with Crippen LogP contribution in [0.2, 0.25) is 0 Å². The van der Waals surface area contributed by atoms with Gasteiger partial charge < -0.3 is 24.7 Å². The molecule has 2 heterocycles. The zero-order valence-electron chi connectivity index (χ0n) is 21.8. The van der Waals surface area contributed by atoms with Gasteiger partial charge in [-0.25, -0.2) is 9.78 Å². The highest BCUT2D eigenvalue weighted by atomic mass is 32.1. The Kier molecular flexibility index (Phi) is 7.34. The van der Waals surface area contributed by atoms with E-state index in [9.17, 15) is 9.90 Å². The Balaban J connectivity index is 1.32. The van der Waals surface area contributed by atoms with E-state index in [0.29, 0.717) is 16.6 Å². The summed E-state index contributed by atoms with van der Waals surface area (Å²) in [5.74, 6) is 0.0269. The number of nitrogens with one attached hydrogen (secondary N) is 1. The van der Waals surface area contributed by atoms with Crippen molar-refractivity contribution >= 4 is 28.1 Å². The van der Waals surface area contributed by atoms with Gasteiger partial charge in [0.25, 0.3) is 0 Å². The zero-order chi connectivity index (χ0) is 28.1. The van der Waals surface area contributed by atoms with E-state index in [1.54, 1.807) is 17.5 Å². The predicted octanol–water partition coefficient (Wildman–Crippen LogP) is 6.28. The molecular formula is C32H25N3O5S. The number of carbonyl (C=O) groups is 1. The number of aromatic nitrogens is 1. The van der Waals surface area contributed by atoms with Gasteiger partial charge in [-0.15, -0.1) is 11.3 Å². The van der Waals surface area contributed by atoms with Crippen molar-refractivity contribution in [1.29, 1.82) is 0 Å². The fourth-order valence-corrected chi connectivity index (χ4v) is 5.53. The van der Waals surface area contributed by atoms with Crippen molar-refractivity contribution in [3.05, 3.63) is 143 Å². The molecule has 8 nitrogen and oxygen atoms in total. The van der Waals surface area contributed by atoms with Gasteiger partial charge in [0.05, 0.1) is 0 Å². The number of hydrogen-bond acceptors (Lipinski definition) is 8. The highest BCUT2D eigenvalue weighted by molar-refractivity contribution is 7.14. The summed E-state index contributed by atoms with van der Waals surface area (Å²) in [5, 5.41) is 19.7. The first-order valence-electron chi connectivity index (χ1n) is 12.9. The molecule has 9 heteroatoms. The molecule has 204 valence electrons. The highest BCUT2D eigenvalue weighted by Gasteiger charge is 2.37. The Bertz CT molecular complexity index is 1580. The zero-order valence-corrected chi connectivity index (χ0v) is 22.6. The molecule has 0 spiro atoms. The number of oxime groups is 1. The van der Waals surface area contributed by atoms with Crippen molar-refractivity contribution < 1.29 is 24.2 Å². The van der Waals surface area contributed by atoms with Gasteiger partial charge in [-0.1, -0.05) is 102 Å². The summed E-state index contributed by atoms with van der Waals surface area (Å²) < 4.78 is 10.7. The minimum absolute atomic E-state index is 0.0573. The third kappa shape index (κ3) is 5.35. The Hall–Kier alpha value is -5.15. The number of rotatable bonds is 10. The van der Waals surface area contributed by atoms with Crippen LogP contribution in [0.1, 0.15) is 27.9 Å². The number of fused-ring (bicyclic) bond motifs is 1. The molecule has 1 aromatic heterocycles. The number of carboxylic acids is 1. The average molecular weight is 564 g/mol. The molecule has 0 saturated carbocycles. The third-order valence-corrected chi connectivity index (χ3v) is 7.45. The van der Waals surface area contributed by atoms with Crippen molar-refractivity contribution in [2.24, 2.45) is 5.16 Å². The number of carboxylic acid groups (broad SMARTS) is 1. The Morgan fingerprint density at radius 2 is 1.46 bits per heavy atom. The lowest BCUT2D eigenvalue weighted by Gasteiger charge is -2.36. The number of hydrogen-bond donors (Lipinski definition) is 2. The monoisotopic (exact) mass is 563 g/mol. The van der Waals surface area contributed by atoms with Crippen LogP contribution in [0.25, 0.3) is 0 Å². The topological polar surface area (TPSA) is 102 Å². The minimum Gasteiger partial charge on any atom is -0.476 e. The first kappa shape index (κ1) is 26.1. The van der Waals surface area contributed by atoms with Gasteiger partial charge in [-0.05, 0) is 34.4 Å². The van der Waals surface area contributed by atoms with Gasteiger partial charge in [-0.3, -0.25) is 0 Å². The van der Waals surface area contributed by atoms with Gasteiger partial charge >= 0.3 is 5.97 Å². The lowest BCUT2D eigenvalue weighted by molar-refractivity contribution is -0.129. The lowest BCUT2D eigenvalue weighted by atomic mass is 9.77. The largest absolute Gasteiger partial charge is 0.476 e. The number of benzene rings is 4. The third-order valence-electron chi connectivity index (χ3n) is 6.69. The molecule has 0 atom stereocenters. The number of thiazole rings is 1. The van der Waals surface area contributed by atoms with Crippen LogP contribution in [0.4, 0.5) is 5.13 Å². The number of ether oxygens (including phenoxy) is 2. The van der Waals surface area contributed by atoms with Crippen molar-refractivity contribution in [3.63, 3.8) is 0 Å². The summed E-state index contributed by atoms with van der Waals surface area (Å²) >= 11 is 1.30. The summed E-state index contributed by atoms with van der Waals surface area (Å²) in [5.41, 5.74) is 2.89. The van der Waals surface area contributed by atoms with Gasteiger partial charge in [-0.2, -0.15) is 0 Å². The maximum atomic E-state index is 12.2. The Labute approximate surface area is 240 Å². The van der Waals surface area contributed by atoms with Crippen molar-refractivity contribution in [3.8, 4) is 11.5 Å². The molecular weight excluding hydrogens is 538 g/mol. The molecule has 0 bridgehead atoms. The van der Waals surface area contributed by atoms with Crippen LogP contribution < -0.4 is 14.8 Å². The summed E-state index contributed by atoms with van der Waals surface area (Å²) in [6.07, 6.45) is 0. The fourth-order valence-electron chi connectivity index (χ4n) is 4.78. The second kappa shape index (κ2) is 11.5. The minimum atomic E-state index is -1.24. The van der Waals surface area contributed by atoms with E-state index in [-0.39, 0.29) is 24.8 Å². The van der Waals surface area contributed by atoms with E-state index >= 15 is 0 Å². The van der Waals surface area contributed by atoms with Crippen LogP contribution in [0.15, 0.2) is 120 Å². The van der Waals surface area contributed by atoms with Crippen LogP contribution >= 0.6 is 11.3 Å². The Morgan fingerprint density at radius 1 is 0.878 bits per heavy atom. The van der Waals surface area contributed by atoms with Crippen LogP contribution in [-0.4, -0.2) is 28.6 Å². The molecule has 1 aliphatic rings. The molecule has 0 amide bonds. The summed E-state index contributed by atoms with van der Waals surface area (Å²) in [6, 6.07) is 35.7. The van der Waals surface area contributed by atoms with E-state index in [0.717, 1.165) is 22.3 Å². The molecule has 1 aliphatic heterocycles. The van der Waals surface area contributed by atoms with Crippen LogP contribution in [-0.2, 0) is 21.8 Å². The van der Waals surface area contributed by atoms with E-state index in [2.05, 4.69) is 51.9 Å². The number of anilines is 1. The average Bonchev–Trinajstić information content (AvgIpc) is 3.68. The van der Waals surface area contributed by atoms with Crippen molar-refractivity contribution in [2.75, 3.05) is 12.1 Å². The molecule has 0 aliphatic carbocycles.